The van der Waals surface area contributed by atoms with Gasteiger partial charge in [0, 0.05) is 0 Å². The Morgan fingerprint density at radius 1 is 1.19 bits per heavy atom. The van der Waals surface area contributed by atoms with E-state index in [1.54, 1.807) is 26.8 Å². The van der Waals surface area contributed by atoms with Gasteiger partial charge in [-0.3, -0.25) is 0 Å². The van der Waals surface area contributed by atoms with Crippen molar-refractivity contribution in [2.24, 2.45) is 0 Å². The average molecular weight is 381 g/mol. The van der Waals surface area contributed by atoms with E-state index in [0.29, 0.717) is 5.46 Å². The maximum atomic E-state index is 14.3. The molecule has 1 saturated heterocycles. The smallest absolute Gasteiger partial charge is 0.489 e. The van der Waals surface area contributed by atoms with E-state index in [2.05, 4.69) is 5.32 Å². The lowest BCUT2D eigenvalue weighted by atomic mass is 9.79. The van der Waals surface area contributed by atoms with Crippen LogP contribution < -0.4 is 15.5 Å². The second-order valence-corrected chi connectivity index (χ2v) is 8.56. The molecule has 0 unspecified atom stereocenters. The molecular weight excluding hydrogens is 352 g/mol. The molecule has 1 amide bonds. The number of hydrogen-bond acceptors (Lipinski definition) is 5. The third-order valence-electron chi connectivity index (χ3n) is 4.51. The van der Waals surface area contributed by atoms with Gasteiger partial charge >= 0.3 is 13.2 Å². The van der Waals surface area contributed by atoms with Crippen LogP contribution in [0.25, 0.3) is 0 Å². The molecule has 0 aromatic heterocycles. The van der Waals surface area contributed by atoms with Crippen LogP contribution in [-0.4, -0.2) is 43.2 Å². The van der Waals surface area contributed by atoms with E-state index >= 15 is 0 Å². The fourth-order valence-corrected chi connectivity index (χ4v) is 2.39. The number of nitrogens with one attached hydrogen (secondary N) is 1. The topological polar surface area (TPSA) is 66.0 Å². The molecule has 0 spiro atoms. The number of ether oxygens (including phenoxy) is 2. The highest BCUT2D eigenvalue weighted by molar-refractivity contribution is 6.62. The predicted octanol–water partition coefficient (Wildman–Crippen LogP) is 3.03. The zero-order valence-corrected chi connectivity index (χ0v) is 17.1. The van der Waals surface area contributed by atoms with Gasteiger partial charge in [-0.05, 0) is 66.1 Å². The van der Waals surface area contributed by atoms with E-state index in [9.17, 15) is 9.18 Å². The standard InChI is InChI=1S/C19H29BFNO5/c1-17(2,3)25-16(23)22-10-11-24-15-9-8-13(12-14(15)21)20-26-18(4,5)19(6,7)27-20/h8-9,12H,10-11H2,1-7H3,(H,22,23). The zero-order valence-electron chi connectivity index (χ0n) is 17.1. The van der Waals surface area contributed by atoms with Gasteiger partial charge in [0.25, 0.3) is 0 Å². The Kier molecular flexibility index (Phi) is 6.11. The monoisotopic (exact) mass is 381 g/mol. The van der Waals surface area contributed by atoms with Crippen LogP contribution in [0, 0.1) is 5.82 Å². The molecule has 1 aromatic rings. The van der Waals surface area contributed by atoms with Crippen molar-refractivity contribution in [2.75, 3.05) is 13.2 Å². The number of carbonyl (C=O) groups is 1. The molecule has 0 bridgehead atoms. The van der Waals surface area contributed by atoms with E-state index in [4.69, 9.17) is 18.8 Å². The molecule has 2 rings (SSSR count). The summed E-state index contributed by atoms with van der Waals surface area (Å²) in [7, 11) is -0.632. The highest BCUT2D eigenvalue weighted by atomic mass is 19.1. The zero-order chi connectivity index (χ0) is 20.5. The van der Waals surface area contributed by atoms with Gasteiger partial charge in [-0.15, -0.1) is 0 Å². The summed E-state index contributed by atoms with van der Waals surface area (Å²) >= 11 is 0. The van der Waals surface area contributed by atoms with Crippen molar-refractivity contribution in [1.82, 2.24) is 5.32 Å². The summed E-state index contributed by atoms with van der Waals surface area (Å²) in [6, 6.07) is 4.59. The molecule has 0 radical (unpaired) electrons. The molecule has 0 atom stereocenters. The van der Waals surface area contributed by atoms with Crippen molar-refractivity contribution in [3.05, 3.63) is 24.0 Å². The SMILES string of the molecule is CC(C)(C)OC(=O)NCCOc1ccc(B2OC(C)(C)C(C)(C)O2)cc1F. The van der Waals surface area contributed by atoms with Crippen LogP contribution in [0.4, 0.5) is 9.18 Å². The lowest BCUT2D eigenvalue weighted by Crippen LogP contribution is -2.41. The minimum atomic E-state index is -0.632. The Hall–Kier alpha value is -1.80. The summed E-state index contributed by atoms with van der Waals surface area (Å²) in [5.74, 6) is -0.416. The van der Waals surface area contributed by atoms with E-state index in [1.807, 2.05) is 27.7 Å². The van der Waals surface area contributed by atoms with Gasteiger partial charge in [-0.1, -0.05) is 6.07 Å². The first-order chi connectivity index (χ1) is 12.3. The van der Waals surface area contributed by atoms with Crippen molar-refractivity contribution in [3.8, 4) is 5.75 Å². The van der Waals surface area contributed by atoms with Crippen LogP contribution in [0.5, 0.6) is 5.75 Å². The lowest BCUT2D eigenvalue weighted by molar-refractivity contribution is 0.00578. The molecule has 1 aliphatic rings. The van der Waals surface area contributed by atoms with E-state index in [0.717, 1.165) is 0 Å². The van der Waals surface area contributed by atoms with Gasteiger partial charge < -0.3 is 24.1 Å². The highest BCUT2D eigenvalue weighted by Crippen LogP contribution is 2.36. The second-order valence-electron chi connectivity index (χ2n) is 8.56. The number of alkyl carbamates (subject to hydrolysis) is 1. The Morgan fingerprint density at radius 2 is 1.78 bits per heavy atom. The van der Waals surface area contributed by atoms with Crippen LogP contribution in [0.15, 0.2) is 18.2 Å². The Bertz CT molecular complexity index is 671. The summed E-state index contributed by atoms with van der Waals surface area (Å²) in [6.45, 7) is 13.4. The van der Waals surface area contributed by atoms with E-state index < -0.39 is 35.8 Å². The van der Waals surface area contributed by atoms with Crippen molar-refractivity contribution in [3.63, 3.8) is 0 Å². The second kappa shape index (κ2) is 7.68. The van der Waals surface area contributed by atoms with Crippen molar-refractivity contribution in [1.29, 1.82) is 0 Å². The van der Waals surface area contributed by atoms with Gasteiger partial charge in [-0.25, -0.2) is 9.18 Å². The Balaban J connectivity index is 1.88. The van der Waals surface area contributed by atoms with E-state index in [-0.39, 0.29) is 18.9 Å². The van der Waals surface area contributed by atoms with Crippen molar-refractivity contribution < 1.29 is 28.0 Å². The molecule has 150 valence electrons. The highest BCUT2D eigenvalue weighted by Gasteiger charge is 2.51. The molecule has 1 N–H and O–H groups in total. The molecule has 27 heavy (non-hydrogen) atoms. The minimum Gasteiger partial charge on any atom is -0.489 e. The first kappa shape index (κ1) is 21.5. The molecule has 1 fully saturated rings. The van der Waals surface area contributed by atoms with Crippen LogP contribution >= 0.6 is 0 Å². The molecule has 1 aromatic carbocycles. The fourth-order valence-electron chi connectivity index (χ4n) is 2.39. The molecule has 6 nitrogen and oxygen atoms in total. The van der Waals surface area contributed by atoms with Gasteiger partial charge in [0.1, 0.15) is 12.2 Å². The number of hydrogen-bond donors (Lipinski definition) is 1. The van der Waals surface area contributed by atoms with Crippen molar-refractivity contribution >= 4 is 18.7 Å². The van der Waals surface area contributed by atoms with Crippen molar-refractivity contribution in [2.45, 2.75) is 65.3 Å². The predicted molar refractivity (Wildman–Crippen MR) is 102 cm³/mol. The molecular formula is C19H29BFNO5. The largest absolute Gasteiger partial charge is 0.494 e. The Labute approximate surface area is 160 Å². The first-order valence-corrected chi connectivity index (χ1v) is 9.05. The number of amides is 1. The van der Waals surface area contributed by atoms with Gasteiger partial charge in [-0.2, -0.15) is 0 Å². The maximum absolute atomic E-state index is 14.3. The third kappa shape index (κ3) is 5.59. The quantitative estimate of drug-likeness (QED) is 0.628. The number of rotatable bonds is 5. The first-order valence-electron chi connectivity index (χ1n) is 9.05. The summed E-state index contributed by atoms with van der Waals surface area (Å²) in [6.07, 6.45) is -0.539. The number of carbonyl (C=O) groups excluding carboxylic acids is 1. The molecule has 1 heterocycles. The molecule has 0 saturated carbocycles. The van der Waals surface area contributed by atoms with Gasteiger partial charge in [0.15, 0.2) is 11.6 Å². The summed E-state index contributed by atoms with van der Waals surface area (Å²) in [5, 5.41) is 2.55. The third-order valence-corrected chi connectivity index (χ3v) is 4.51. The van der Waals surface area contributed by atoms with Crippen LogP contribution in [0.1, 0.15) is 48.5 Å². The number of benzene rings is 1. The average Bonchev–Trinajstić information content (AvgIpc) is 2.71. The van der Waals surface area contributed by atoms with Gasteiger partial charge in [0.05, 0.1) is 17.7 Å². The molecule has 0 aliphatic carbocycles. The molecule has 1 aliphatic heterocycles. The van der Waals surface area contributed by atoms with E-state index in [1.165, 1.54) is 12.1 Å². The summed E-state index contributed by atoms with van der Waals surface area (Å²) in [4.78, 5) is 11.5. The summed E-state index contributed by atoms with van der Waals surface area (Å²) < 4.78 is 36.7. The fraction of sp³-hybridized carbons (Fsp3) is 0.632. The van der Waals surface area contributed by atoms with Gasteiger partial charge in [0.2, 0.25) is 0 Å². The maximum Gasteiger partial charge on any atom is 0.494 e. The summed E-state index contributed by atoms with van der Waals surface area (Å²) in [5.41, 5.74) is -0.960. The molecule has 8 heteroatoms. The van der Waals surface area contributed by atoms with Crippen LogP contribution in [0.2, 0.25) is 0 Å². The Morgan fingerprint density at radius 3 is 2.30 bits per heavy atom. The lowest BCUT2D eigenvalue weighted by Gasteiger charge is -2.32. The minimum absolute atomic E-state index is 0.0984. The normalized spacial score (nSPS) is 18.3. The number of halogens is 1. The van der Waals surface area contributed by atoms with Crippen LogP contribution in [-0.2, 0) is 14.0 Å². The van der Waals surface area contributed by atoms with Crippen LogP contribution in [0.3, 0.4) is 0 Å².